The molecule has 0 bridgehead atoms. The highest BCUT2D eigenvalue weighted by Gasteiger charge is 2.13. The van der Waals surface area contributed by atoms with Crippen molar-refractivity contribution in [1.29, 1.82) is 0 Å². The molecule has 0 saturated heterocycles. The molecule has 0 saturated carbocycles. The van der Waals surface area contributed by atoms with Crippen LogP contribution >= 0.6 is 11.6 Å². The van der Waals surface area contributed by atoms with Crippen molar-refractivity contribution in [1.82, 2.24) is 9.78 Å². The molecule has 1 heterocycles. The van der Waals surface area contributed by atoms with Gasteiger partial charge in [-0.25, -0.2) is 13.9 Å². The summed E-state index contributed by atoms with van der Waals surface area (Å²) in [5, 5.41) is 14.0. The Hall–Kier alpha value is -3.84. The first-order valence-corrected chi connectivity index (χ1v) is 11.1. The largest absolute Gasteiger partial charge is 0.490 e. The van der Waals surface area contributed by atoms with Gasteiger partial charge in [-0.1, -0.05) is 48.0 Å². The van der Waals surface area contributed by atoms with E-state index in [2.05, 4.69) is 5.10 Å². The number of carboxylic acid groups (broad SMARTS) is 1. The number of hydrogen-bond acceptors (Lipinski definition) is 4. The van der Waals surface area contributed by atoms with Crippen LogP contribution in [0.15, 0.2) is 72.8 Å². The van der Waals surface area contributed by atoms with E-state index in [1.165, 1.54) is 18.2 Å². The Kier molecular flexibility index (Phi) is 7.13. The zero-order valence-electron chi connectivity index (χ0n) is 18.4. The number of carbonyl (C=O) groups is 1. The first-order chi connectivity index (χ1) is 16.5. The van der Waals surface area contributed by atoms with Gasteiger partial charge >= 0.3 is 5.97 Å². The lowest BCUT2D eigenvalue weighted by molar-refractivity contribution is 0.0697. The zero-order valence-corrected chi connectivity index (χ0v) is 19.1. The molecule has 0 radical (unpaired) electrons. The van der Waals surface area contributed by atoms with Crippen LogP contribution in [0.25, 0.3) is 22.4 Å². The van der Waals surface area contributed by atoms with Crippen LogP contribution in [0.5, 0.6) is 11.6 Å². The quantitative estimate of drug-likeness (QED) is 0.309. The molecule has 8 heteroatoms. The highest BCUT2D eigenvalue weighted by molar-refractivity contribution is 6.32. The number of nitrogens with zero attached hydrogens (tertiary/aromatic N) is 2. The fraction of sp³-hybridized carbons (Fsp3) is 0.154. The molecule has 0 unspecified atom stereocenters. The van der Waals surface area contributed by atoms with Gasteiger partial charge in [0.1, 0.15) is 18.2 Å². The fourth-order valence-electron chi connectivity index (χ4n) is 3.47. The second-order valence-electron chi connectivity index (χ2n) is 7.38. The summed E-state index contributed by atoms with van der Waals surface area (Å²) in [5.74, 6) is -0.242. The van der Waals surface area contributed by atoms with Crippen LogP contribution in [-0.4, -0.2) is 34.1 Å². The van der Waals surface area contributed by atoms with Gasteiger partial charge in [0.25, 0.3) is 0 Å². The van der Waals surface area contributed by atoms with Crippen molar-refractivity contribution in [3.8, 4) is 34.0 Å². The molecule has 0 aliphatic carbocycles. The topological polar surface area (TPSA) is 73.6 Å². The first kappa shape index (κ1) is 23.3. The molecule has 6 nitrogen and oxygen atoms in total. The van der Waals surface area contributed by atoms with Crippen molar-refractivity contribution in [2.45, 2.75) is 13.5 Å². The van der Waals surface area contributed by atoms with E-state index < -0.39 is 5.97 Å². The minimum atomic E-state index is -0.982. The summed E-state index contributed by atoms with van der Waals surface area (Å²) >= 11 is 6.38. The smallest absolute Gasteiger partial charge is 0.335 e. The maximum absolute atomic E-state index is 14.1. The Balaban J connectivity index is 1.46. The lowest BCUT2D eigenvalue weighted by Gasteiger charge is -2.11. The van der Waals surface area contributed by atoms with Gasteiger partial charge in [0.05, 0.1) is 29.4 Å². The second kappa shape index (κ2) is 10.4. The molecule has 4 rings (SSSR count). The number of aromatic carboxylic acids is 1. The van der Waals surface area contributed by atoms with Crippen molar-refractivity contribution in [3.05, 3.63) is 89.2 Å². The van der Waals surface area contributed by atoms with E-state index in [9.17, 15) is 9.18 Å². The Morgan fingerprint density at radius 1 is 1.03 bits per heavy atom. The highest BCUT2D eigenvalue weighted by Crippen LogP contribution is 2.32. The maximum Gasteiger partial charge on any atom is 0.335 e. The van der Waals surface area contributed by atoms with E-state index >= 15 is 0 Å². The van der Waals surface area contributed by atoms with Crippen LogP contribution in [0, 0.1) is 5.82 Å². The average Bonchev–Trinajstić information content (AvgIpc) is 3.23. The maximum atomic E-state index is 14.1. The minimum absolute atomic E-state index is 0.208. The molecule has 4 aromatic rings. The van der Waals surface area contributed by atoms with Crippen molar-refractivity contribution in [2.24, 2.45) is 0 Å². The molecule has 0 aliphatic heterocycles. The van der Waals surface area contributed by atoms with Gasteiger partial charge in [-0.3, -0.25) is 0 Å². The Labute approximate surface area is 201 Å². The second-order valence-corrected chi connectivity index (χ2v) is 7.79. The van der Waals surface area contributed by atoms with Gasteiger partial charge in [-0.05, 0) is 42.8 Å². The minimum Gasteiger partial charge on any atom is -0.490 e. The average molecular weight is 481 g/mol. The summed E-state index contributed by atoms with van der Waals surface area (Å²) in [6, 6.07) is 19.9. The lowest BCUT2D eigenvalue weighted by Crippen LogP contribution is -2.11. The zero-order chi connectivity index (χ0) is 24.1. The first-order valence-electron chi connectivity index (χ1n) is 10.7. The summed E-state index contributed by atoms with van der Waals surface area (Å²) in [4.78, 5) is 11.1. The highest BCUT2D eigenvalue weighted by atomic mass is 35.5. The van der Waals surface area contributed by atoms with E-state index in [0.717, 1.165) is 5.56 Å². The van der Waals surface area contributed by atoms with Gasteiger partial charge in [0, 0.05) is 17.2 Å². The van der Waals surface area contributed by atoms with Gasteiger partial charge < -0.3 is 14.6 Å². The van der Waals surface area contributed by atoms with E-state index in [4.69, 9.17) is 26.2 Å². The third kappa shape index (κ3) is 5.21. The van der Waals surface area contributed by atoms with Crippen molar-refractivity contribution in [2.75, 3.05) is 13.2 Å². The van der Waals surface area contributed by atoms with Crippen molar-refractivity contribution in [3.63, 3.8) is 0 Å². The predicted molar refractivity (Wildman–Crippen MR) is 128 cm³/mol. The molecule has 0 fully saturated rings. The van der Waals surface area contributed by atoms with Crippen LogP contribution < -0.4 is 9.47 Å². The third-order valence-corrected chi connectivity index (χ3v) is 5.44. The standard InChI is InChI=1S/C26H22ClFN2O4/c1-2-33-25-16-23(17-7-9-18(10-8-17)26(31)32)29-30(25)13-14-34-24-12-11-19(15-21(24)27)20-5-3-4-6-22(20)28/h3-12,15-16H,2,13-14H2,1H3,(H,31,32). The number of ether oxygens (including phenoxy) is 2. The Bertz CT molecular complexity index is 1300. The summed E-state index contributed by atoms with van der Waals surface area (Å²) in [6.45, 7) is 3.02. The molecule has 1 N–H and O–H groups in total. The number of benzene rings is 3. The Morgan fingerprint density at radius 2 is 1.76 bits per heavy atom. The summed E-state index contributed by atoms with van der Waals surface area (Å²) < 4.78 is 27.3. The number of carboxylic acids is 1. The molecular weight excluding hydrogens is 459 g/mol. The predicted octanol–water partition coefficient (Wildman–Crippen LogP) is 6.19. The molecule has 0 atom stereocenters. The summed E-state index contributed by atoms with van der Waals surface area (Å²) in [6.07, 6.45) is 0. The molecule has 174 valence electrons. The van der Waals surface area contributed by atoms with Crippen LogP contribution in [0.2, 0.25) is 5.02 Å². The lowest BCUT2D eigenvalue weighted by atomic mass is 10.1. The summed E-state index contributed by atoms with van der Waals surface area (Å²) in [7, 11) is 0. The van der Waals surface area contributed by atoms with Crippen molar-refractivity contribution >= 4 is 17.6 Å². The van der Waals surface area contributed by atoms with Crippen LogP contribution in [0.1, 0.15) is 17.3 Å². The molecule has 0 amide bonds. The summed E-state index contributed by atoms with van der Waals surface area (Å²) in [5.41, 5.74) is 2.78. The van der Waals surface area contributed by atoms with Gasteiger partial charge in [-0.15, -0.1) is 0 Å². The van der Waals surface area contributed by atoms with Gasteiger partial charge in [-0.2, -0.15) is 5.10 Å². The van der Waals surface area contributed by atoms with Crippen LogP contribution in [0.3, 0.4) is 0 Å². The van der Waals surface area contributed by atoms with Gasteiger partial charge in [0.2, 0.25) is 5.88 Å². The number of halogens is 2. The SMILES string of the molecule is CCOc1cc(-c2ccc(C(=O)O)cc2)nn1CCOc1ccc(-c2ccccc2F)cc1Cl. The normalized spacial score (nSPS) is 10.8. The number of rotatable bonds is 9. The van der Waals surface area contributed by atoms with E-state index in [0.29, 0.717) is 46.6 Å². The number of hydrogen-bond donors (Lipinski definition) is 1. The Morgan fingerprint density at radius 3 is 2.44 bits per heavy atom. The van der Waals surface area contributed by atoms with Gasteiger partial charge in [0.15, 0.2) is 0 Å². The van der Waals surface area contributed by atoms with E-state index in [1.807, 2.05) is 6.92 Å². The number of aromatic nitrogens is 2. The molecule has 34 heavy (non-hydrogen) atoms. The van der Waals surface area contributed by atoms with E-state index in [1.54, 1.807) is 59.3 Å². The molecule has 1 aromatic heterocycles. The molecule has 3 aromatic carbocycles. The van der Waals surface area contributed by atoms with Crippen molar-refractivity contribution < 1.29 is 23.8 Å². The van der Waals surface area contributed by atoms with Crippen LogP contribution in [0.4, 0.5) is 4.39 Å². The van der Waals surface area contributed by atoms with Crippen LogP contribution in [-0.2, 0) is 6.54 Å². The monoisotopic (exact) mass is 480 g/mol. The fourth-order valence-corrected chi connectivity index (χ4v) is 3.71. The van der Waals surface area contributed by atoms with E-state index in [-0.39, 0.29) is 18.0 Å². The molecule has 0 spiro atoms. The third-order valence-electron chi connectivity index (χ3n) is 5.14. The molecular formula is C26H22ClFN2O4. The molecule has 0 aliphatic rings.